The van der Waals surface area contributed by atoms with E-state index in [1.807, 2.05) is 31.2 Å². The lowest BCUT2D eigenvalue weighted by Crippen LogP contribution is -2.44. The van der Waals surface area contributed by atoms with Gasteiger partial charge in [-0.15, -0.1) is 0 Å². The van der Waals surface area contributed by atoms with E-state index >= 15 is 4.39 Å². The third kappa shape index (κ3) is 5.62. The zero-order chi connectivity index (χ0) is 35.5. The van der Waals surface area contributed by atoms with E-state index < -0.39 is 51.9 Å². The third-order valence-corrected chi connectivity index (χ3v) is 10.2. The number of imide groups is 1. The number of nitrogens with zero attached hydrogens (tertiary/aromatic N) is 3. The molecule has 4 N–H and O–H groups in total. The minimum Gasteiger partial charge on any atom is -0.506 e. The summed E-state index contributed by atoms with van der Waals surface area (Å²) in [5.74, 6) is -3.82. The summed E-state index contributed by atoms with van der Waals surface area (Å²) in [6, 6.07) is 17.4. The van der Waals surface area contributed by atoms with Crippen molar-refractivity contribution in [2.24, 2.45) is 0 Å². The van der Waals surface area contributed by atoms with Crippen molar-refractivity contribution in [3.8, 4) is 16.9 Å². The number of hydrogen-bond donors (Lipinski definition) is 4. The Morgan fingerprint density at radius 3 is 2.38 bits per heavy atom. The molecule has 0 bridgehead atoms. The Morgan fingerprint density at radius 1 is 0.960 bits per heavy atom. The van der Waals surface area contributed by atoms with Crippen molar-refractivity contribution < 1.29 is 37.1 Å². The second-order valence-corrected chi connectivity index (χ2v) is 13.6. The van der Waals surface area contributed by atoms with Crippen molar-refractivity contribution in [3.63, 3.8) is 0 Å². The van der Waals surface area contributed by atoms with Crippen molar-refractivity contribution in [1.82, 2.24) is 19.2 Å². The molecular formula is C34H29FN6O8S. The van der Waals surface area contributed by atoms with Crippen LogP contribution in [0.5, 0.6) is 5.75 Å². The molecule has 0 radical (unpaired) electrons. The van der Waals surface area contributed by atoms with E-state index in [0.717, 1.165) is 17.2 Å². The highest BCUT2D eigenvalue weighted by atomic mass is 32.2. The SMILES string of the molecule is CCn1c(=O)n(C2CCC(=O)NC2=O)c2ccc(-c3ccc(CC(=O)Nc4ccc5c(F)c(N6CC(=O)NS6(=O)=O)c(O)cc5c4)cc3)cc21. The predicted octanol–water partition coefficient (Wildman–Crippen LogP) is 2.83. The largest absolute Gasteiger partial charge is 0.506 e. The van der Waals surface area contributed by atoms with Crippen molar-refractivity contribution in [2.75, 3.05) is 16.2 Å². The quantitative estimate of drug-likeness (QED) is 0.187. The molecule has 50 heavy (non-hydrogen) atoms. The van der Waals surface area contributed by atoms with E-state index in [2.05, 4.69) is 10.6 Å². The molecule has 14 nitrogen and oxygen atoms in total. The van der Waals surface area contributed by atoms with Crippen LogP contribution in [0.1, 0.15) is 31.4 Å². The fourth-order valence-electron chi connectivity index (χ4n) is 6.50. The Kier molecular flexibility index (Phi) is 7.89. The number of carbonyl (C=O) groups is 4. The van der Waals surface area contributed by atoms with Gasteiger partial charge in [-0.1, -0.05) is 30.3 Å². The van der Waals surface area contributed by atoms with Gasteiger partial charge in [0.05, 0.1) is 17.5 Å². The van der Waals surface area contributed by atoms with Crippen molar-refractivity contribution >= 4 is 67.0 Å². The number of rotatable bonds is 7. The second kappa shape index (κ2) is 12.1. The van der Waals surface area contributed by atoms with E-state index in [0.29, 0.717) is 33.1 Å². The lowest BCUT2D eigenvalue weighted by molar-refractivity contribution is -0.135. The zero-order valence-corrected chi connectivity index (χ0v) is 27.2. The average molecular weight is 701 g/mol. The second-order valence-electron chi connectivity index (χ2n) is 12.0. The van der Waals surface area contributed by atoms with Crippen molar-refractivity contribution in [2.45, 2.75) is 38.8 Å². The molecule has 2 aliphatic heterocycles. The molecule has 4 aromatic carbocycles. The average Bonchev–Trinajstić information content (AvgIpc) is 3.50. The molecule has 0 saturated carbocycles. The van der Waals surface area contributed by atoms with Crippen molar-refractivity contribution in [3.05, 3.63) is 88.6 Å². The fourth-order valence-corrected chi connectivity index (χ4v) is 7.66. The van der Waals surface area contributed by atoms with Gasteiger partial charge < -0.3 is 10.4 Å². The summed E-state index contributed by atoms with van der Waals surface area (Å²) >= 11 is 0. The van der Waals surface area contributed by atoms with Gasteiger partial charge in [0, 0.05) is 24.0 Å². The van der Waals surface area contributed by atoms with E-state index in [4.69, 9.17) is 0 Å². The van der Waals surface area contributed by atoms with Crippen LogP contribution < -0.4 is 25.4 Å². The number of benzene rings is 4. The van der Waals surface area contributed by atoms with E-state index in [1.54, 1.807) is 27.5 Å². The van der Waals surface area contributed by atoms with Crippen LogP contribution in [-0.2, 0) is 42.4 Å². The first-order valence-corrected chi connectivity index (χ1v) is 17.0. The number of carbonyl (C=O) groups excluding carboxylic acids is 4. The van der Waals surface area contributed by atoms with Crippen LogP contribution >= 0.6 is 0 Å². The summed E-state index contributed by atoms with van der Waals surface area (Å²) in [7, 11) is -4.35. The van der Waals surface area contributed by atoms with Gasteiger partial charge in [-0.2, -0.15) is 8.42 Å². The van der Waals surface area contributed by atoms with E-state index in [9.17, 15) is 37.5 Å². The Bertz CT molecular complexity index is 2460. The first-order chi connectivity index (χ1) is 23.8. The number of phenolic OH excluding ortho intramolecular Hbond substituents is 1. The number of imidazole rings is 1. The molecule has 0 spiro atoms. The van der Waals surface area contributed by atoms with Crippen LogP contribution in [0.3, 0.4) is 0 Å². The molecule has 16 heteroatoms. The molecule has 256 valence electrons. The standard InChI is InChI=1S/C34H29FN6O8S/c1-2-39-26-15-20(7-10-24(26)41(34(39)47)25-11-12-28(43)37-33(25)46)19-5-3-18(4-6-19)13-29(44)36-22-8-9-23-21(14-22)16-27(42)32(31(23)35)40-17-30(45)38-50(40,48)49/h3-10,14-16,25,42H,2,11-13,17H2,1H3,(H,36,44)(H,38,45)(H,37,43,46). The Hall–Kier alpha value is -6.03. The van der Waals surface area contributed by atoms with Crippen LogP contribution in [0.2, 0.25) is 0 Å². The summed E-state index contributed by atoms with van der Waals surface area (Å²) in [5.41, 5.74) is 2.91. The van der Waals surface area contributed by atoms with E-state index in [1.165, 1.54) is 22.8 Å². The maximum atomic E-state index is 15.4. The first-order valence-electron chi connectivity index (χ1n) is 15.6. The van der Waals surface area contributed by atoms with Gasteiger partial charge in [-0.3, -0.25) is 33.6 Å². The molecule has 2 aliphatic rings. The van der Waals surface area contributed by atoms with Crippen LogP contribution in [0.4, 0.5) is 15.8 Å². The molecular weight excluding hydrogens is 671 g/mol. The lowest BCUT2D eigenvalue weighted by Gasteiger charge is -2.21. The molecule has 1 unspecified atom stereocenters. The minimum absolute atomic E-state index is 0.00787. The van der Waals surface area contributed by atoms with Crippen molar-refractivity contribution in [1.29, 1.82) is 0 Å². The van der Waals surface area contributed by atoms with Gasteiger partial charge in [0.2, 0.25) is 17.7 Å². The summed E-state index contributed by atoms with van der Waals surface area (Å²) in [6.45, 7) is 1.54. The smallest absolute Gasteiger partial charge is 0.329 e. The monoisotopic (exact) mass is 700 g/mol. The Labute approximate surface area is 283 Å². The summed E-state index contributed by atoms with van der Waals surface area (Å²) in [5, 5.41) is 15.7. The number of aryl methyl sites for hydroxylation is 1. The number of aromatic hydroxyl groups is 1. The molecule has 0 aliphatic carbocycles. The molecule has 1 aromatic heterocycles. The first kappa shape index (κ1) is 32.5. The molecule has 2 fully saturated rings. The fraction of sp³-hybridized carbons (Fsp3) is 0.206. The summed E-state index contributed by atoms with van der Waals surface area (Å²) in [6.07, 6.45) is 0.396. The number of nitrogens with one attached hydrogen (secondary N) is 3. The number of fused-ring (bicyclic) bond motifs is 2. The van der Waals surface area contributed by atoms with Gasteiger partial charge in [0.15, 0.2) is 5.82 Å². The number of piperidine rings is 1. The van der Waals surface area contributed by atoms with Crippen LogP contribution in [0.25, 0.3) is 32.9 Å². The van der Waals surface area contributed by atoms with Crippen LogP contribution in [0.15, 0.2) is 71.5 Å². The lowest BCUT2D eigenvalue weighted by atomic mass is 10.0. The number of aromatic nitrogens is 2. The maximum Gasteiger partial charge on any atom is 0.329 e. The third-order valence-electron chi connectivity index (χ3n) is 8.84. The number of phenols is 1. The zero-order valence-electron chi connectivity index (χ0n) is 26.4. The highest BCUT2D eigenvalue weighted by Gasteiger charge is 2.38. The molecule has 5 aromatic rings. The normalized spacial score (nSPS) is 17.3. The highest BCUT2D eigenvalue weighted by Crippen LogP contribution is 2.39. The van der Waals surface area contributed by atoms with Crippen LogP contribution in [-0.4, -0.2) is 52.8 Å². The minimum atomic E-state index is -4.35. The van der Waals surface area contributed by atoms with Gasteiger partial charge in [-0.25, -0.2) is 18.2 Å². The molecule has 1 atom stereocenters. The molecule has 4 amide bonds. The highest BCUT2D eigenvalue weighted by molar-refractivity contribution is 7.92. The van der Waals surface area contributed by atoms with Gasteiger partial charge >= 0.3 is 15.9 Å². The van der Waals surface area contributed by atoms with Gasteiger partial charge in [0.1, 0.15) is 24.0 Å². The molecule has 3 heterocycles. The predicted molar refractivity (Wildman–Crippen MR) is 181 cm³/mol. The van der Waals surface area contributed by atoms with E-state index in [-0.39, 0.29) is 47.5 Å². The van der Waals surface area contributed by atoms with Crippen LogP contribution in [0, 0.1) is 5.82 Å². The van der Waals surface area contributed by atoms with Gasteiger partial charge in [-0.05, 0) is 71.8 Å². The number of amides is 4. The number of hydrogen-bond acceptors (Lipinski definition) is 8. The molecule has 2 saturated heterocycles. The van der Waals surface area contributed by atoms with Gasteiger partial charge in [0.25, 0.3) is 5.91 Å². The molecule has 7 rings (SSSR count). The summed E-state index contributed by atoms with van der Waals surface area (Å²) in [4.78, 5) is 62.1. The maximum absolute atomic E-state index is 15.4. The Balaban J connectivity index is 1.07. The summed E-state index contributed by atoms with van der Waals surface area (Å²) < 4.78 is 45.1. The Morgan fingerprint density at radius 2 is 1.70 bits per heavy atom. The number of halogens is 1. The number of anilines is 2. The topological polar surface area (TPSA) is 189 Å².